The molecule has 0 aliphatic carbocycles. The number of hydrogen-bond acceptors (Lipinski definition) is 3. The highest BCUT2D eigenvalue weighted by Crippen LogP contribution is 2.22. The molecule has 7 heteroatoms. The van der Waals surface area contributed by atoms with Gasteiger partial charge in [0.15, 0.2) is 0 Å². The van der Waals surface area contributed by atoms with Gasteiger partial charge in [0.1, 0.15) is 0 Å². The number of anilines is 1. The summed E-state index contributed by atoms with van der Waals surface area (Å²) in [6.45, 7) is 2.03. The zero-order valence-electron chi connectivity index (χ0n) is 9.91. The summed E-state index contributed by atoms with van der Waals surface area (Å²) in [5.74, 6) is -0.460. The van der Waals surface area contributed by atoms with E-state index in [0.29, 0.717) is 0 Å². The monoisotopic (exact) mass is 268 g/mol. The van der Waals surface area contributed by atoms with E-state index in [0.717, 1.165) is 18.8 Å². The minimum absolute atomic E-state index is 0.0962. The second-order valence-corrected chi connectivity index (χ2v) is 5.78. The number of sulfonamides is 1. The molecular weight excluding hydrogens is 252 g/mol. The van der Waals surface area contributed by atoms with E-state index < -0.39 is 16.0 Å². The van der Waals surface area contributed by atoms with Crippen LogP contribution in [0.3, 0.4) is 0 Å². The van der Waals surface area contributed by atoms with Crippen LogP contribution in [0, 0.1) is 0 Å². The molecule has 1 aliphatic rings. The first-order chi connectivity index (χ1) is 8.49. The molecule has 1 aromatic rings. The molecule has 0 aromatic heterocycles. The molecule has 0 radical (unpaired) electrons. The first-order valence-electron chi connectivity index (χ1n) is 5.70. The molecule has 1 heterocycles. The third kappa shape index (κ3) is 2.73. The molecule has 1 aliphatic heterocycles. The summed E-state index contributed by atoms with van der Waals surface area (Å²) in [5.41, 5.74) is 11.2. The van der Waals surface area contributed by atoms with Crippen LogP contribution >= 0.6 is 0 Å². The number of guanidine groups is 1. The first kappa shape index (κ1) is 12.7. The van der Waals surface area contributed by atoms with Crippen molar-refractivity contribution in [3.63, 3.8) is 0 Å². The predicted molar refractivity (Wildman–Crippen MR) is 70.9 cm³/mol. The van der Waals surface area contributed by atoms with Crippen molar-refractivity contribution in [2.75, 3.05) is 18.0 Å². The minimum Gasteiger partial charge on any atom is -0.372 e. The van der Waals surface area contributed by atoms with Crippen LogP contribution < -0.4 is 16.4 Å². The van der Waals surface area contributed by atoms with Crippen molar-refractivity contribution < 1.29 is 8.42 Å². The van der Waals surface area contributed by atoms with Crippen LogP contribution in [0.1, 0.15) is 12.8 Å². The fourth-order valence-electron chi connectivity index (χ4n) is 2.00. The van der Waals surface area contributed by atoms with E-state index in [9.17, 15) is 8.42 Å². The largest absolute Gasteiger partial charge is 0.372 e. The Morgan fingerprint density at radius 1 is 1.11 bits per heavy atom. The van der Waals surface area contributed by atoms with Gasteiger partial charge in [0, 0.05) is 18.8 Å². The first-order valence-corrected chi connectivity index (χ1v) is 7.14. The van der Waals surface area contributed by atoms with E-state index in [2.05, 4.69) is 9.30 Å². The molecule has 0 saturated carbocycles. The van der Waals surface area contributed by atoms with Crippen LogP contribution in [0.15, 0.2) is 33.6 Å². The molecule has 0 unspecified atom stereocenters. The zero-order valence-corrected chi connectivity index (χ0v) is 10.7. The maximum absolute atomic E-state index is 11.7. The molecule has 2 rings (SSSR count). The van der Waals surface area contributed by atoms with E-state index in [1.54, 1.807) is 12.1 Å². The number of rotatable bonds is 3. The van der Waals surface area contributed by atoms with Gasteiger partial charge in [-0.25, -0.2) is 0 Å². The Bertz CT molecular complexity index is 541. The molecule has 0 amide bonds. The highest BCUT2D eigenvalue weighted by Gasteiger charge is 2.15. The Morgan fingerprint density at radius 3 is 2.17 bits per heavy atom. The van der Waals surface area contributed by atoms with Gasteiger partial charge < -0.3 is 16.4 Å². The second-order valence-electron chi connectivity index (χ2n) is 4.18. The van der Waals surface area contributed by atoms with Gasteiger partial charge in [0.25, 0.3) is 10.0 Å². The summed E-state index contributed by atoms with van der Waals surface area (Å²) in [6, 6.07) is 6.60. The number of hydrogen-bond donors (Lipinski definition) is 2. The van der Waals surface area contributed by atoms with E-state index in [1.165, 1.54) is 25.0 Å². The average molecular weight is 268 g/mol. The fraction of sp³-hybridized carbons (Fsp3) is 0.364. The van der Waals surface area contributed by atoms with Gasteiger partial charge in [-0.2, -0.15) is 8.42 Å². The van der Waals surface area contributed by atoms with Crippen LogP contribution in [-0.4, -0.2) is 27.5 Å². The van der Waals surface area contributed by atoms with Gasteiger partial charge in [-0.15, -0.1) is 4.40 Å². The zero-order chi connectivity index (χ0) is 13.2. The van der Waals surface area contributed by atoms with Gasteiger partial charge in [-0.05, 0) is 37.1 Å². The van der Waals surface area contributed by atoms with Gasteiger partial charge in [-0.1, -0.05) is 0 Å². The Balaban J connectivity index is 2.24. The van der Waals surface area contributed by atoms with E-state index in [-0.39, 0.29) is 4.90 Å². The van der Waals surface area contributed by atoms with Crippen LogP contribution in [0.4, 0.5) is 5.69 Å². The normalized spacial score (nSPS) is 15.7. The van der Waals surface area contributed by atoms with E-state index in [1.807, 2.05) is 0 Å². The van der Waals surface area contributed by atoms with Crippen molar-refractivity contribution >= 4 is 21.7 Å². The molecule has 0 spiro atoms. The fourth-order valence-corrected chi connectivity index (χ4v) is 2.86. The smallest absolute Gasteiger partial charge is 0.285 e. The van der Waals surface area contributed by atoms with Crippen molar-refractivity contribution in [2.45, 2.75) is 17.7 Å². The Kier molecular flexibility index (Phi) is 3.42. The summed E-state index contributed by atoms with van der Waals surface area (Å²) in [6.07, 6.45) is 2.35. The van der Waals surface area contributed by atoms with Gasteiger partial charge in [-0.3, -0.25) is 0 Å². The lowest BCUT2D eigenvalue weighted by atomic mass is 10.3. The number of nitrogens with zero attached hydrogens (tertiary/aromatic N) is 2. The molecule has 98 valence electrons. The third-order valence-corrected chi connectivity index (χ3v) is 4.15. The van der Waals surface area contributed by atoms with Crippen molar-refractivity contribution in [1.82, 2.24) is 0 Å². The topological polar surface area (TPSA) is 102 Å². The van der Waals surface area contributed by atoms with Crippen molar-refractivity contribution in [3.05, 3.63) is 24.3 Å². The maximum Gasteiger partial charge on any atom is 0.285 e. The lowest BCUT2D eigenvalue weighted by Crippen LogP contribution is -2.24. The number of benzene rings is 1. The van der Waals surface area contributed by atoms with Gasteiger partial charge in [0.05, 0.1) is 4.90 Å². The maximum atomic E-state index is 11.7. The van der Waals surface area contributed by atoms with Crippen molar-refractivity contribution in [1.29, 1.82) is 0 Å². The summed E-state index contributed by atoms with van der Waals surface area (Å²) in [4.78, 5) is 2.32. The molecular formula is C11H16N4O2S. The Labute approximate surface area is 106 Å². The second kappa shape index (κ2) is 4.85. The molecule has 4 N–H and O–H groups in total. The van der Waals surface area contributed by atoms with E-state index >= 15 is 0 Å². The van der Waals surface area contributed by atoms with Crippen LogP contribution in [-0.2, 0) is 10.0 Å². The summed E-state index contributed by atoms with van der Waals surface area (Å²) >= 11 is 0. The molecule has 1 saturated heterocycles. The summed E-state index contributed by atoms with van der Waals surface area (Å²) < 4.78 is 26.7. The van der Waals surface area contributed by atoms with Crippen LogP contribution in [0.5, 0.6) is 0 Å². The number of nitrogens with two attached hydrogens (primary N) is 2. The van der Waals surface area contributed by atoms with Crippen molar-refractivity contribution in [2.24, 2.45) is 15.9 Å². The average Bonchev–Trinajstić information content (AvgIpc) is 2.81. The standard InChI is InChI=1S/C11H16N4O2S/c12-11(13)14-18(16,17)10-5-3-9(4-6-10)15-7-1-2-8-15/h3-6H,1-2,7-8H2,(H4,12,13,14). The summed E-state index contributed by atoms with van der Waals surface area (Å²) in [5, 5.41) is 0. The molecule has 1 aromatic carbocycles. The molecule has 1 fully saturated rings. The SMILES string of the molecule is NC(N)=NS(=O)(=O)c1ccc(N2CCCC2)cc1. The molecule has 0 atom stereocenters. The lowest BCUT2D eigenvalue weighted by molar-refractivity contribution is 0.598. The highest BCUT2D eigenvalue weighted by atomic mass is 32.2. The molecule has 6 nitrogen and oxygen atoms in total. The minimum atomic E-state index is -3.78. The lowest BCUT2D eigenvalue weighted by Gasteiger charge is -2.17. The van der Waals surface area contributed by atoms with Gasteiger partial charge >= 0.3 is 0 Å². The Hall–Kier alpha value is -1.76. The Morgan fingerprint density at radius 2 is 1.67 bits per heavy atom. The highest BCUT2D eigenvalue weighted by molar-refractivity contribution is 7.90. The molecule has 0 bridgehead atoms. The van der Waals surface area contributed by atoms with Crippen LogP contribution in [0.2, 0.25) is 0 Å². The third-order valence-electron chi connectivity index (χ3n) is 2.83. The quantitative estimate of drug-likeness (QED) is 0.604. The van der Waals surface area contributed by atoms with E-state index in [4.69, 9.17) is 11.5 Å². The molecule has 18 heavy (non-hydrogen) atoms. The van der Waals surface area contributed by atoms with Crippen molar-refractivity contribution in [3.8, 4) is 0 Å². The van der Waals surface area contributed by atoms with Crippen LogP contribution in [0.25, 0.3) is 0 Å². The summed E-state index contributed by atoms with van der Waals surface area (Å²) in [7, 11) is -3.78. The predicted octanol–water partition coefficient (Wildman–Crippen LogP) is 0.249. The van der Waals surface area contributed by atoms with Gasteiger partial charge in [0.2, 0.25) is 5.96 Å².